The number of rotatable bonds is 3. The summed E-state index contributed by atoms with van der Waals surface area (Å²) in [5.74, 6) is 0.927. The molecule has 0 N–H and O–H groups in total. The molecule has 0 radical (unpaired) electrons. The minimum Gasteiger partial charge on any atom is -0.318 e. The molecule has 0 spiro atoms. The second kappa shape index (κ2) is 4.42. The quantitative estimate of drug-likeness (QED) is 0.642. The van der Waals surface area contributed by atoms with E-state index in [1.165, 1.54) is 23.2 Å². The molecule has 0 aromatic heterocycles. The van der Waals surface area contributed by atoms with E-state index in [9.17, 15) is 0 Å². The number of benzene rings is 1. The van der Waals surface area contributed by atoms with Gasteiger partial charge >= 0.3 is 0 Å². The van der Waals surface area contributed by atoms with Crippen molar-refractivity contribution in [2.75, 3.05) is 7.11 Å². The highest BCUT2D eigenvalue weighted by Gasteiger charge is 1.91. The summed E-state index contributed by atoms with van der Waals surface area (Å²) in [5, 5.41) is 0. The summed E-state index contributed by atoms with van der Waals surface area (Å²) in [6, 6.07) is 8.49. The van der Waals surface area contributed by atoms with Crippen molar-refractivity contribution in [3.8, 4) is 0 Å². The maximum Gasteiger partial charge on any atom is 0.0503 e. The number of aryl methyl sites for hydroxylation is 1. The van der Waals surface area contributed by atoms with Gasteiger partial charge in [0, 0.05) is 5.75 Å². The van der Waals surface area contributed by atoms with Crippen LogP contribution in [0.5, 0.6) is 0 Å². The minimum atomic E-state index is 0.927. The summed E-state index contributed by atoms with van der Waals surface area (Å²) < 4.78 is 4.89. The van der Waals surface area contributed by atoms with E-state index in [1.54, 1.807) is 7.11 Å². The molecule has 0 unspecified atom stereocenters. The van der Waals surface area contributed by atoms with Gasteiger partial charge in [-0.2, -0.15) is 0 Å². The van der Waals surface area contributed by atoms with E-state index < -0.39 is 0 Å². The third-order valence-corrected chi connectivity index (χ3v) is 2.15. The monoisotopic (exact) mass is 168 g/mol. The SMILES string of the molecule is COSCc1ccc(C)cc1. The van der Waals surface area contributed by atoms with Gasteiger partial charge in [-0.1, -0.05) is 29.8 Å². The van der Waals surface area contributed by atoms with Crippen LogP contribution in [0.15, 0.2) is 24.3 Å². The van der Waals surface area contributed by atoms with Gasteiger partial charge in [-0.05, 0) is 24.5 Å². The summed E-state index contributed by atoms with van der Waals surface area (Å²) in [6.45, 7) is 2.09. The van der Waals surface area contributed by atoms with E-state index in [1.807, 2.05) is 0 Å². The van der Waals surface area contributed by atoms with Crippen LogP contribution in [0.2, 0.25) is 0 Å². The maximum absolute atomic E-state index is 4.89. The molecule has 1 nitrogen and oxygen atoms in total. The highest BCUT2D eigenvalue weighted by Crippen LogP contribution is 2.12. The molecule has 60 valence electrons. The largest absolute Gasteiger partial charge is 0.318 e. The lowest BCUT2D eigenvalue weighted by Gasteiger charge is -1.98. The standard InChI is InChI=1S/C9H12OS/c1-8-3-5-9(6-4-8)7-11-10-2/h3-6H,7H2,1-2H3. The summed E-state index contributed by atoms with van der Waals surface area (Å²) >= 11 is 1.47. The van der Waals surface area contributed by atoms with Crippen molar-refractivity contribution in [2.45, 2.75) is 12.7 Å². The molecule has 0 amide bonds. The third-order valence-electron chi connectivity index (χ3n) is 1.46. The van der Waals surface area contributed by atoms with Crippen molar-refractivity contribution < 1.29 is 4.18 Å². The summed E-state index contributed by atoms with van der Waals surface area (Å²) in [5.41, 5.74) is 2.61. The predicted molar refractivity (Wildman–Crippen MR) is 49.5 cm³/mol. The Hall–Kier alpha value is -0.470. The fourth-order valence-corrected chi connectivity index (χ4v) is 1.26. The minimum absolute atomic E-state index is 0.927. The van der Waals surface area contributed by atoms with Gasteiger partial charge < -0.3 is 4.18 Å². The van der Waals surface area contributed by atoms with Crippen LogP contribution in [0, 0.1) is 6.92 Å². The summed E-state index contributed by atoms with van der Waals surface area (Å²) in [7, 11) is 1.69. The smallest absolute Gasteiger partial charge is 0.0503 e. The Morgan fingerprint density at radius 2 is 1.91 bits per heavy atom. The average molecular weight is 168 g/mol. The van der Waals surface area contributed by atoms with Gasteiger partial charge in [0.15, 0.2) is 0 Å². The van der Waals surface area contributed by atoms with Crippen molar-refractivity contribution in [1.82, 2.24) is 0 Å². The van der Waals surface area contributed by atoms with Crippen molar-refractivity contribution in [3.05, 3.63) is 35.4 Å². The lowest BCUT2D eigenvalue weighted by atomic mass is 10.2. The van der Waals surface area contributed by atoms with E-state index >= 15 is 0 Å². The molecule has 0 bridgehead atoms. The van der Waals surface area contributed by atoms with Gasteiger partial charge in [-0.3, -0.25) is 0 Å². The van der Waals surface area contributed by atoms with Crippen LogP contribution >= 0.6 is 12.0 Å². The molecule has 0 aliphatic heterocycles. The van der Waals surface area contributed by atoms with Crippen molar-refractivity contribution in [2.24, 2.45) is 0 Å². The number of hydrogen-bond donors (Lipinski definition) is 0. The molecular formula is C9H12OS. The molecule has 0 aliphatic rings. The van der Waals surface area contributed by atoms with Gasteiger partial charge in [0.1, 0.15) is 0 Å². The summed E-state index contributed by atoms with van der Waals surface area (Å²) in [6.07, 6.45) is 0. The molecule has 0 heterocycles. The normalized spacial score (nSPS) is 10.0. The van der Waals surface area contributed by atoms with Crippen LogP contribution in [0.4, 0.5) is 0 Å². The summed E-state index contributed by atoms with van der Waals surface area (Å²) in [4.78, 5) is 0. The lowest BCUT2D eigenvalue weighted by molar-refractivity contribution is 0.489. The highest BCUT2D eigenvalue weighted by atomic mass is 32.2. The Labute approximate surface area is 72.0 Å². The fourth-order valence-electron chi connectivity index (χ4n) is 0.811. The van der Waals surface area contributed by atoms with Gasteiger partial charge in [0.05, 0.1) is 7.11 Å². The molecule has 11 heavy (non-hydrogen) atoms. The number of hydrogen-bond acceptors (Lipinski definition) is 2. The maximum atomic E-state index is 4.89. The molecule has 0 atom stereocenters. The van der Waals surface area contributed by atoms with Crippen LogP contribution in [0.1, 0.15) is 11.1 Å². The van der Waals surface area contributed by atoms with Gasteiger partial charge in [-0.15, -0.1) is 0 Å². The Bertz CT molecular complexity index is 205. The lowest BCUT2D eigenvalue weighted by Crippen LogP contribution is -1.80. The van der Waals surface area contributed by atoms with E-state index in [0.29, 0.717) is 0 Å². The van der Waals surface area contributed by atoms with Crippen LogP contribution < -0.4 is 0 Å². The Morgan fingerprint density at radius 3 is 2.45 bits per heavy atom. The van der Waals surface area contributed by atoms with Gasteiger partial charge in [-0.25, -0.2) is 0 Å². The van der Waals surface area contributed by atoms with Crippen LogP contribution in [-0.4, -0.2) is 7.11 Å². The first kappa shape index (κ1) is 8.62. The van der Waals surface area contributed by atoms with Crippen molar-refractivity contribution >= 4 is 12.0 Å². The van der Waals surface area contributed by atoms with Crippen molar-refractivity contribution in [3.63, 3.8) is 0 Å². The molecule has 0 aliphatic carbocycles. The molecule has 1 rings (SSSR count). The molecule has 0 fully saturated rings. The van der Waals surface area contributed by atoms with Crippen LogP contribution in [0.25, 0.3) is 0 Å². The molecular weight excluding hydrogens is 156 g/mol. The fraction of sp³-hybridized carbons (Fsp3) is 0.333. The second-order valence-electron chi connectivity index (χ2n) is 2.41. The average Bonchev–Trinajstić information content (AvgIpc) is 2.04. The highest BCUT2D eigenvalue weighted by molar-refractivity contribution is 7.93. The van der Waals surface area contributed by atoms with E-state index in [-0.39, 0.29) is 0 Å². The molecule has 0 saturated heterocycles. The van der Waals surface area contributed by atoms with Gasteiger partial charge in [0.2, 0.25) is 0 Å². The van der Waals surface area contributed by atoms with Crippen molar-refractivity contribution in [1.29, 1.82) is 0 Å². The van der Waals surface area contributed by atoms with E-state index in [4.69, 9.17) is 4.18 Å². The molecule has 1 aromatic rings. The Balaban J connectivity index is 2.52. The third kappa shape index (κ3) is 2.95. The van der Waals surface area contributed by atoms with Crippen LogP contribution in [0.3, 0.4) is 0 Å². The topological polar surface area (TPSA) is 9.23 Å². The van der Waals surface area contributed by atoms with Gasteiger partial charge in [0.25, 0.3) is 0 Å². The second-order valence-corrected chi connectivity index (χ2v) is 3.27. The van der Waals surface area contributed by atoms with E-state index in [2.05, 4.69) is 31.2 Å². The van der Waals surface area contributed by atoms with E-state index in [0.717, 1.165) is 5.75 Å². The zero-order valence-corrected chi connectivity index (χ0v) is 7.65. The Kier molecular flexibility index (Phi) is 3.46. The Morgan fingerprint density at radius 1 is 1.27 bits per heavy atom. The zero-order valence-electron chi connectivity index (χ0n) is 6.83. The van der Waals surface area contributed by atoms with Crippen LogP contribution in [-0.2, 0) is 9.94 Å². The molecule has 1 aromatic carbocycles. The first-order valence-corrected chi connectivity index (χ1v) is 4.45. The predicted octanol–water partition coefficient (Wildman–Crippen LogP) is 2.79. The molecule has 2 heteroatoms. The first-order valence-electron chi connectivity index (χ1n) is 3.54. The first-order chi connectivity index (χ1) is 5.33. The molecule has 0 saturated carbocycles. The zero-order chi connectivity index (χ0) is 8.10.